The molecule has 0 aromatic heterocycles. The molecule has 0 aliphatic heterocycles. The summed E-state index contributed by atoms with van der Waals surface area (Å²) in [6.07, 6.45) is 0.525. The molecule has 0 radical (unpaired) electrons. The van der Waals surface area contributed by atoms with Gasteiger partial charge in [0.15, 0.2) is 0 Å². The van der Waals surface area contributed by atoms with Gasteiger partial charge in [-0.25, -0.2) is 14.4 Å². The zero-order valence-corrected chi connectivity index (χ0v) is 19.6. The molecule has 0 aliphatic carbocycles. The number of hydrogen-bond donors (Lipinski definition) is 0. The van der Waals surface area contributed by atoms with Gasteiger partial charge in [0.1, 0.15) is 17.2 Å². The minimum absolute atomic E-state index is 0.235. The van der Waals surface area contributed by atoms with Crippen molar-refractivity contribution < 1.29 is 33.3 Å². The van der Waals surface area contributed by atoms with Gasteiger partial charge in [-0.2, -0.15) is 0 Å². The lowest BCUT2D eigenvalue weighted by atomic mass is 10.2. The first kappa shape index (κ1) is 25.2. The molecule has 0 saturated heterocycles. The molecule has 3 rings (SSSR count). The van der Waals surface area contributed by atoms with Crippen LogP contribution in [0.4, 0.5) is 0 Å². The van der Waals surface area contributed by atoms with E-state index in [4.69, 9.17) is 18.9 Å². The van der Waals surface area contributed by atoms with Gasteiger partial charge >= 0.3 is 17.9 Å². The first-order valence-electron chi connectivity index (χ1n) is 11.0. The van der Waals surface area contributed by atoms with Crippen LogP contribution in [0.1, 0.15) is 39.6 Å². The van der Waals surface area contributed by atoms with Gasteiger partial charge in [-0.3, -0.25) is 0 Å². The Kier molecular flexibility index (Phi) is 8.78. The minimum Gasteiger partial charge on any atom is -0.493 e. The molecule has 0 amide bonds. The minimum atomic E-state index is -0.543. The molecule has 180 valence electrons. The maximum atomic E-state index is 12.4. The summed E-state index contributed by atoms with van der Waals surface area (Å²) < 4.78 is 21.3. The van der Waals surface area contributed by atoms with Crippen LogP contribution in [0.2, 0.25) is 0 Å². The Hall–Kier alpha value is -4.39. The Balaban J connectivity index is 1.46. The van der Waals surface area contributed by atoms with Crippen molar-refractivity contribution in [1.82, 2.24) is 0 Å². The van der Waals surface area contributed by atoms with Crippen LogP contribution in [-0.4, -0.2) is 31.1 Å². The number of aryl methyl sites for hydroxylation is 1. The van der Waals surface area contributed by atoms with Gasteiger partial charge in [0.2, 0.25) is 0 Å². The van der Waals surface area contributed by atoms with Crippen LogP contribution in [0, 0.1) is 6.92 Å². The average molecular weight is 475 g/mol. The second-order valence-corrected chi connectivity index (χ2v) is 7.76. The van der Waals surface area contributed by atoms with E-state index in [-0.39, 0.29) is 6.61 Å². The van der Waals surface area contributed by atoms with Crippen LogP contribution >= 0.6 is 0 Å². The predicted octanol–water partition coefficient (Wildman–Crippen LogP) is 5.32. The van der Waals surface area contributed by atoms with Crippen molar-refractivity contribution in [3.05, 3.63) is 102 Å². The Morgan fingerprint density at radius 1 is 0.686 bits per heavy atom. The number of carbonyl (C=O) groups is 3. The first-order valence-corrected chi connectivity index (χ1v) is 11.0. The van der Waals surface area contributed by atoms with Crippen molar-refractivity contribution in [1.29, 1.82) is 0 Å². The Bertz CT molecular complexity index is 1180. The number of benzene rings is 3. The van der Waals surface area contributed by atoms with Gasteiger partial charge in [-0.15, -0.1) is 0 Å². The van der Waals surface area contributed by atoms with Crippen molar-refractivity contribution in [3.63, 3.8) is 0 Å². The average Bonchev–Trinajstić information content (AvgIpc) is 2.85. The normalized spacial score (nSPS) is 10.2. The molecule has 0 fully saturated rings. The van der Waals surface area contributed by atoms with Crippen LogP contribution in [-0.2, 0) is 9.53 Å². The summed E-state index contributed by atoms with van der Waals surface area (Å²) in [5, 5.41) is 0. The molecule has 3 aromatic carbocycles. The highest BCUT2D eigenvalue weighted by Gasteiger charge is 2.12. The summed E-state index contributed by atoms with van der Waals surface area (Å²) in [5.74, 6) is -0.148. The third kappa shape index (κ3) is 7.85. The second kappa shape index (κ2) is 12.2. The largest absolute Gasteiger partial charge is 0.493 e. The molecule has 0 bridgehead atoms. The number of carbonyl (C=O) groups excluding carboxylic acids is 3. The lowest BCUT2D eigenvalue weighted by molar-refractivity contribution is -0.139. The number of ether oxygens (including phenoxy) is 4. The number of rotatable bonds is 10. The van der Waals surface area contributed by atoms with Gasteiger partial charge in [0.25, 0.3) is 0 Å². The van der Waals surface area contributed by atoms with E-state index >= 15 is 0 Å². The molecular formula is C28H26O7. The van der Waals surface area contributed by atoms with Crippen LogP contribution in [0.5, 0.6) is 17.2 Å². The van der Waals surface area contributed by atoms with E-state index in [2.05, 4.69) is 6.58 Å². The van der Waals surface area contributed by atoms with Crippen molar-refractivity contribution in [2.45, 2.75) is 20.3 Å². The van der Waals surface area contributed by atoms with E-state index < -0.39 is 17.9 Å². The molecule has 0 heterocycles. The van der Waals surface area contributed by atoms with E-state index in [0.29, 0.717) is 47.0 Å². The fourth-order valence-electron chi connectivity index (χ4n) is 2.82. The number of esters is 3. The first-order chi connectivity index (χ1) is 16.8. The molecule has 0 atom stereocenters. The summed E-state index contributed by atoms with van der Waals surface area (Å²) in [6, 6.07) is 19.8. The number of hydrogen-bond acceptors (Lipinski definition) is 7. The van der Waals surface area contributed by atoms with Crippen molar-refractivity contribution in [2.24, 2.45) is 0 Å². The Labute approximate surface area is 203 Å². The van der Waals surface area contributed by atoms with Crippen molar-refractivity contribution in [2.75, 3.05) is 13.2 Å². The zero-order valence-electron chi connectivity index (χ0n) is 19.6. The van der Waals surface area contributed by atoms with E-state index in [9.17, 15) is 14.4 Å². The second-order valence-electron chi connectivity index (χ2n) is 7.76. The monoisotopic (exact) mass is 474 g/mol. The van der Waals surface area contributed by atoms with Gasteiger partial charge in [-0.1, -0.05) is 24.3 Å². The third-order valence-electron chi connectivity index (χ3n) is 4.76. The van der Waals surface area contributed by atoms with E-state index in [1.807, 2.05) is 19.1 Å². The fourth-order valence-corrected chi connectivity index (χ4v) is 2.82. The van der Waals surface area contributed by atoms with Crippen LogP contribution in [0.15, 0.2) is 84.9 Å². The molecular weight excluding hydrogens is 448 g/mol. The van der Waals surface area contributed by atoms with Crippen molar-refractivity contribution >= 4 is 17.9 Å². The standard InChI is InChI=1S/C28H26O7/c1-19(2)26(29)33-18-4-17-32-23-13-7-21(8-14-23)27(30)35-25-15-9-22(10-16-25)28(31)34-24-11-5-20(3)6-12-24/h5-16H,1,4,17-18H2,2-3H3. The van der Waals surface area contributed by atoms with Crippen molar-refractivity contribution in [3.8, 4) is 17.2 Å². The molecule has 7 heteroatoms. The van der Waals surface area contributed by atoms with Crippen LogP contribution in [0.3, 0.4) is 0 Å². The molecule has 0 saturated carbocycles. The summed E-state index contributed by atoms with van der Waals surface area (Å²) in [6.45, 7) is 7.64. The highest BCUT2D eigenvalue weighted by Crippen LogP contribution is 2.19. The van der Waals surface area contributed by atoms with Gasteiger partial charge < -0.3 is 18.9 Å². The molecule has 3 aromatic rings. The fraction of sp³-hybridized carbons (Fsp3) is 0.179. The smallest absolute Gasteiger partial charge is 0.343 e. The lowest BCUT2D eigenvalue weighted by Gasteiger charge is -2.09. The highest BCUT2D eigenvalue weighted by molar-refractivity contribution is 5.92. The zero-order chi connectivity index (χ0) is 25.2. The van der Waals surface area contributed by atoms with Crippen LogP contribution < -0.4 is 14.2 Å². The molecule has 7 nitrogen and oxygen atoms in total. The van der Waals surface area contributed by atoms with Gasteiger partial charge in [-0.05, 0) is 74.5 Å². The lowest BCUT2D eigenvalue weighted by Crippen LogP contribution is -2.10. The maximum absolute atomic E-state index is 12.4. The topological polar surface area (TPSA) is 88.1 Å². The Morgan fingerprint density at radius 2 is 1.14 bits per heavy atom. The Morgan fingerprint density at radius 3 is 1.63 bits per heavy atom. The summed E-state index contributed by atoms with van der Waals surface area (Å²) in [7, 11) is 0. The summed E-state index contributed by atoms with van der Waals surface area (Å²) in [5.41, 5.74) is 2.10. The summed E-state index contributed by atoms with van der Waals surface area (Å²) in [4.78, 5) is 36.0. The van der Waals surface area contributed by atoms with E-state index in [1.54, 1.807) is 43.3 Å². The van der Waals surface area contributed by atoms with E-state index in [1.165, 1.54) is 24.3 Å². The third-order valence-corrected chi connectivity index (χ3v) is 4.76. The quantitative estimate of drug-likeness (QED) is 0.170. The van der Waals surface area contributed by atoms with Gasteiger partial charge in [0.05, 0.1) is 24.3 Å². The van der Waals surface area contributed by atoms with Gasteiger partial charge in [0, 0.05) is 12.0 Å². The van der Waals surface area contributed by atoms with E-state index in [0.717, 1.165) is 5.56 Å². The summed E-state index contributed by atoms with van der Waals surface area (Å²) >= 11 is 0. The van der Waals surface area contributed by atoms with Crippen LogP contribution in [0.25, 0.3) is 0 Å². The molecule has 0 unspecified atom stereocenters. The molecule has 0 aliphatic rings. The maximum Gasteiger partial charge on any atom is 0.343 e. The molecule has 0 spiro atoms. The predicted molar refractivity (Wildman–Crippen MR) is 130 cm³/mol. The molecule has 35 heavy (non-hydrogen) atoms. The SMILES string of the molecule is C=C(C)C(=O)OCCCOc1ccc(C(=O)Oc2ccc(C(=O)Oc3ccc(C)cc3)cc2)cc1. The highest BCUT2D eigenvalue weighted by atomic mass is 16.5. The molecule has 0 N–H and O–H groups in total.